The second kappa shape index (κ2) is 8.71. The number of nitrogens with one attached hydrogen (secondary N) is 1. The smallest absolute Gasteiger partial charge is 0.331 e. The van der Waals surface area contributed by atoms with Gasteiger partial charge in [0.25, 0.3) is 5.91 Å². The molecule has 0 unspecified atom stereocenters. The lowest BCUT2D eigenvalue weighted by atomic mass is 10.2. The van der Waals surface area contributed by atoms with Gasteiger partial charge in [0, 0.05) is 18.2 Å². The minimum absolute atomic E-state index is 0.00360. The van der Waals surface area contributed by atoms with Crippen molar-refractivity contribution in [3.8, 4) is 0 Å². The molecule has 0 spiro atoms. The monoisotopic (exact) mass is 415 g/mol. The van der Waals surface area contributed by atoms with Gasteiger partial charge < -0.3 is 10.1 Å². The summed E-state index contributed by atoms with van der Waals surface area (Å²) in [7, 11) is -3.07. The van der Waals surface area contributed by atoms with Gasteiger partial charge in [0.1, 0.15) is 5.15 Å². The Bertz CT molecular complexity index is 875. The molecule has 1 aliphatic rings. The van der Waals surface area contributed by atoms with Crippen molar-refractivity contribution in [2.24, 2.45) is 0 Å². The van der Waals surface area contributed by atoms with Gasteiger partial charge in [-0.3, -0.25) is 4.79 Å². The Labute approximate surface area is 163 Å². The summed E-state index contributed by atoms with van der Waals surface area (Å²) in [4.78, 5) is 23.6. The lowest BCUT2D eigenvalue weighted by molar-refractivity contribution is -0.150. The Morgan fingerprint density at radius 1 is 1.52 bits per heavy atom. The molecule has 1 aliphatic heterocycles. The first-order chi connectivity index (χ1) is 12.6. The van der Waals surface area contributed by atoms with Crippen molar-refractivity contribution in [3.63, 3.8) is 0 Å². The molecule has 2 atom stereocenters. The number of nitrogens with zero attached hydrogens (tertiary/aromatic N) is 2. The normalized spacial score (nSPS) is 19.7. The molecule has 0 radical (unpaired) electrons. The molecule has 27 heavy (non-hydrogen) atoms. The van der Waals surface area contributed by atoms with E-state index in [2.05, 4.69) is 17.0 Å². The third-order valence-electron chi connectivity index (χ3n) is 4.09. The first kappa shape index (κ1) is 21.2. The van der Waals surface area contributed by atoms with Gasteiger partial charge in [-0.15, -0.1) is 6.58 Å². The summed E-state index contributed by atoms with van der Waals surface area (Å²) in [5, 5.41) is 7.09. The van der Waals surface area contributed by atoms with Crippen molar-refractivity contribution in [3.05, 3.63) is 35.1 Å². The fourth-order valence-corrected chi connectivity index (χ4v) is 4.73. The number of halogens is 1. The van der Waals surface area contributed by atoms with E-state index in [9.17, 15) is 18.0 Å². The van der Waals surface area contributed by atoms with Gasteiger partial charge in [-0.05, 0) is 26.3 Å². The molecule has 0 bridgehead atoms. The van der Waals surface area contributed by atoms with Gasteiger partial charge in [0.2, 0.25) is 0 Å². The van der Waals surface area contributed by atoms with E-state index in [-0.39, 0.29) is 29.2 Å². The Morgan fingerprint density at radius 2 is 2.22 bits per heavy atom. The average molecular weight is 416 g/mol. The van der Waals surface area contributed by atoms with Crippen molar-refractivity contribution in [2.75, 3.05) is 18.1 Å². The predicted octanol–water partition coefficient (Wildman–Crippen LogP) is 1.45. The molecule has 148 valence electrons. The number of amides is 1. The highest BCUT2D eigenvalue weighted by molar-refractivity contribution is 7.91. The maximum atomic E-state index is 11.9. The van der Waals surface area contributed by atoms with Crippen LogP contribution < -0.4 is 5.32 Å². The molecule has 1 aromatic heterocycles. The van der Waals surface area contributed by atoms with Crippen LogP contribution >= 0.6 is 11.6 Å². The zero-order valence-corrected chi connectivity index (χ0v) is 16.7. The Kier molecular flexibility index (Phi) is 6.83. The van der Waals surface area contributed by atoms with Crippen molar-refractivity contribution in [2.45, 2.75) is 32.4 Å². The SMILES string of the molecule is C=CCNC(=O)[C@@H](C)OC(=O)/C=C/c1c(C)nn([C@H]2CCS(=O)(=O)C2)c1Cl. The molecule has 2 heterocycles. The summed E-state index contributed by atoms with van der Waals surface area (Å²) in [5.74, 6) is -1.03. The summed E-state index contributed by atoms with van der Waals surface area (Å²) in [6.45, 7) is 6.93. The fraction of sp³-hybridized carbons (Fsp3) is 0.471. The summed E-state index contributed by atoms with van der Waals surface area (Å²) < 4.78 is 29.8. The van der Waals surface area contributed by atoms with Crippen LogP contribution in [-0.4, -0.2) is 54.2 Å². The minimum Gasteiger partial charge on any atom is -0.449 e. The van der Waals surface area contributed by atoms with Crippen molar-refractivity contribution in [1.29, 1.82) is 0 Å². The molecule has 1 saturated heterocycles. The lowest BCUT2D eigenvalue weighted by Gasteiger charge is -2.11. The van der Waals surface area contributed by atoms with Gasteiger partial charge >= 0.3 is 5.97 Å². The molecule has 10 heteroatoms. The highest BCUT2D eigenvalue weighted by atomic mass is 35.5. The molecule has 1 amide bonds. The Morgan fingerprint density at radius 3 is 2.81 bits per heavy atom. The standard InChI is InChI=1S/C17H22ClN3O5S/c1-4-8-19-17(23)12(3)26-15(22)6-5-14-11(2)20-21(16(14)18)13-7-9-27(24,25)10-13/h4-6,12-13H,1,7-10H2,2-3H3,(H,19,23)/b6-5+/t12-,13+/m1/s1. The number of carbonyl (C=O) groups excluding carboxylic acids is 2. The van der Waals surface area contributed by atoms with E-state index in [0.717, 1.165) is 6.08 Å². The first-order valence-electron chi connectivity index (χ1n) is 8.37. The largest absolute Gasteiger partial charge is 0.449 e. The third-order valence-corrected chi connectivity index (χ3v) is 6.22. The molecular formula is C17H22ClN3O5S. The summed E-state index contributed by atoms with van der Waals surface area (Å²) >= 11 is 6.33. The van der Waals surface area contributed by atoms with E-state index in [0.29, 0.717) is 17.7 Å². The molecule has 1 aromatic rings. The van der Waals surface area contributed by atoms with Crippen molar-refractivity contribution < 1.29 is 22.7 Å². The molecule has 0 saturated carbocycles. The maximum Gasteiger partial charge on any atom is 0.331 e. The summed E-state index contributed by atoms with van der Waals surface area (Å²) in [5.41, 5.74) is 1.06. The minimum atomic E-state index is -3.07. The van der Waals surface area contributed by atoms with Crippen LogP contribution in [0.4, 0.5) is 0 Å². The third kappa shape index (κ3) is 5.43. The molecule has 2 rings (SSSR count). The number of sulfone groups is 1. The van der Waals surface area contributed by atoms with E-state index >= 15 is 0 Å². The number of hydrogen-bond acceptors (Lipinski definition) is 6. The van der Waals surface area contributed by atoms with Crippen LogP contribution in [0.5, 0.6) is 0 Å². The lowest BCUT2D eigenvalue weighted by Crippen LogP contribution is -2.35. The number of aromatic nitrogens is 2. The Hall–Kier alpha value is -2.13. The number of aryl methyl sites for hydroxylation is 1. The predicted molar refractivity (Wildman–Crippen MR) is 102 cm³/mol. The number of ether oxygens (including phenoxy) is 1. The molecule has 1 N–H and O–H groups in total. The second-order valence-corrected chi connectivity index (χ2v) is 8.82. The molecule has 8 nitrogen and oxygen atoms in total. The molecule has 1 fully saturated rings. The second-order valence-electron chi connectivity index (χ2n) is 6.24. The zero-order valence-electron chi connectivity index (χ0n) is 15.1. The quantitative estimate of drug-likeness (QED) is 0.410. The molecular weight excluding hydrogens is 394 g/mol. The number of hydrogen-bond donors (Lipinski definition) is 1. The van der Waals surface area contributed by atoms with Gasteiger partial charge in [0.15, 0.2) is 15.9 Å². The maximum absolute atomic E-state index is 11.9. The van der Waals surface area contributed by atoms with Gasteiger partial charge in [0.05, 0.1) is 23.2 Å². The summed E-state index contributed by atoms with van der Waals surface area (Å²) in [6, 6.07) is -0.316. The zero-order chi connectivity index (χ0) is 20.2. The fourth-order valence-electron chi connectivity index (χ4n) is 2.67. The van der Waals surface area contributed by atoms with Crippen LogP contribution in [0.1, 0.15) is 30.6 Å². The Balaban J connectivity index is 2.05. The van der Waals surface area contributed by atoms with Gasteiger partial charge in [-0.25, -0.2) is 17.9 Å². The average Bonchev–Trinajstić information content (AvgIpc) is 3.09. The van der Waals surface area contributed by atoms with Crippen LogP contribution in [0.3, 0.4) is 0 Å². The van der Waals surface area contributed by atoms with E-state index in [1.54, 1.807) is 6.92 Å². The number of esters is 1. The highest BCUT2D eigenvalue weighted by Gasteiger charge is 2.31. The molecule has 0 aliphatic carbocycles. The summed E-state index contributed by atoms with van der Waals surface area (Å²) in [6.07, 6.45) is 3.62. The van der Waals surface area contributed by atoms with Gasteiger partial charge in [-0.2, -0.15) is 5.10 Å². The van der Waals surface area contributed by atoms with E-state index < -0.39 is 27.8 Å². The number of rotatable bonds is 7. The van der Waals surface area contributed by atoms with Crippen molar-refractivity contribution >= 4 is 39.4 Å². The van der Waals surface area contributed by atoms with Crippen LogP contribution in [0.25, 0.3) is 6.08 Å². The van der Waals surface area contributed by atoms with E-state index in [1.165, 1.54) is 23.8 Å². The van der Waals surface area contributed by atoms with E-state index in [4.69, 9.17) is 16.3 Å². The van der Waals surface area contributed by atoms with Crippen LogP contribution in [0.2, 0.25) is 5.15 Å². The van der Waals surface area contributed by atoms with Crippen LogP contribution in [-0.2, 0) is 24.2 Å². The van der Waals surface area contributed by atoms with Crippen molar-refractivity contribution in [1.82, 2.24) is 15.1 Å². The van der Waals surface area contributed by atoms with Crippen LogP contribution in [0.15, 0.2) is 18.7 Å². The van der Waals surface area contributed by atoms with E-state index in [1.807, 2.05) is 0 Å². The first-order valence-corrected chi connectivity index (χ1v) is 10.6. The number of carbonyl (C=O) groups is 2. The van der Waals surface area contributed by atoms with Crippen LogP contribution in [0, 0.1) is 6.92 Å². The highest BCUT2D eigenvalue weighted by Crippen LogP contribution is 2.30. The topological polar surface area (TPSA) is 107 Å². The van der Waals surface area contributed by atoms with Gasteiger partial charge in [-0.1, -0.05) is 17.7 Å². The molecule has 0 aromatic carbocycles.